The van der Waals surface area contributed by atoms with Gasteiger partial charge in [0.2, 0.25) is 0 Å². The molecule has 0 bridgehead atoms. The molecule has 0 spiro atoms. The van der Waals surface area contributed by atoms with E-state index in [0.29, 0.717) is 32.4 Å². The Morgan fingerprint density at radius 1 is 1.11 bits per heavy atom. The molecule has 1 heterocycles. The average Bonchev–Trinajstić information content (AvgIpc) is 2.38. The molecule has 2 aliphatic rings. The Balaban J connectivity index is 1.87. The van der Waals surface area contributed by atoms with Crippen molar-refractivity contribution in [3.8, 4) is 0 Å². The molecule has 110 valence electrons. The molecule has 2 rings (SSSR count). The van der Waals surface area contributed by atoms with Crippen molar-refractivity contribution in [2.45, 2.75) is 50.7 Å². The lowest BCUT2D eigenvalue weighted by molar-refractivity contribution is -0.187. The number of hydrogen-bond acceptors (Lipinski definition) is 2. The van der Waals surface area contributed by atoms with Crippen molar-refractivity contribution in [1.29, 1.82) is 0 Å². The Bertz CT molecular complexity index is 324. The van der Waals surface area contributed by atoms with E-state index in [1.165, 1.54) is 0 Å². The zero-order valence-corrected chi connectivity index (χ0v) is 10.8. The van der Waals surface area contributed by atoms with E-state index >= 15 is 0 Å². The fraction of sp³-hybridized carbons (Fsp3) is 0.923. The van der Waals surface area contributed by atoms with Gasteiger partial charge in [-0.05, 0) is 45.2 Å². The summed E-state index contributed by atoms with van der Waals surface area (Å²) in [5.41, 5.74) is 0. The van der Waals surface area contributed by atoms with Crippen molar-refractivity contribution >= 4 is 5.97 Å². The number of hydrogen-bond donors (Lipinski definition) is 1. The van der Waals surface area contributed by atoms with Gasteiger partial charge in [-0.15, -0.1) is 0 Å². The molecular formula is C13H20F3NO2. The molecule has 1 saturated heterocycles. The number of carboxylic acids is 1. The maximum Gasteiger partial charge on any atom is 0.391 e. The quantitative estimate of drug-likeness (QED) is 0.845. The molecule has 1 aliphatic heterocycles. The van der Waals surface area contributed by atoms with Gasteiger partial charge in [0.15, 0.2) is 0 Å². The number of alkyl halides is 3. The summed E-state index contributed by atoms with van der Waals surface area (Å²) < 4.78 is 38.3. The topological polar surface area (TPSA) is 40.5 Å². The Labute approximate surface area is 110 Å². The second-order valence-electron chi connectivity index (χ2n) is 5.71. The summed E-state index contributed by atoms with van der Waals surface area (Å²) in [4.78, 5) is 12.9. The molecule has 0 radical (unpaired) electrons. The van der Waals surface area contributed by atoms with Crippen LogP contribution in [-0.4, -0.2) is 41.3 Å². The minimum atomic E-state index is -4.09. The van der Waals surface area contributed by atoms with E-state index in [1.54, 1.807) is 0 Å². The summed E-state index contributed by atoms with van der Waals surface area (Å²) in [7, 11) is 0. The molecule has 2 fully saturated rings. The Morgan fingerprint density at radius 3 is 2.26 bits per heavy atom. The van der Waals surface area contributed by atoms with Crippen LogP contribution in [0.5, 0.6) is 0 Å². The maximum atomic E-state index is 12.8. The lowest BCUT2D eigenvalue weighted by Crippen LogP contribution is -2.46. The number of carbonyl (C=O) groups is 1. The monoisotopic (exact) mass is 279 g/mol. The van der Waals surface area contributed by atoms with Gasteiger partial charge in [0.1, 0.15) is 0 Å². The van der Waals surface area contributed by atoms with E-state index in [2.05, 4.69) is 4.90 Å². The van der Waals surface area contributed by atoms with Gasteiger partial charge in [-0.2, -0.15) is 13.2 Å². The molecule has 3 nitrogen and oxygen atoms in total. The molecule has 1 N–H and O–H groups in total. The number of carboxylic acid groups (broad SMARTS) is 1. The maximum absolute atomic E-state index is 12.8. The van der Waals surface area contributed by atoms with E-state index in [-0.39, 0.29) is 24.8 Å². The first-order valence-corrected chi connectivity index (χ1v) is 6.91. The SMILES string of the molecule is O=C(O)C1CCN(C2CCCC(C(F)(F)F)C2)CC1. The van der Waals surface area contributed by atoms with Gasteiger partial charge >= 0.3 is 12.1 Å². The summed E-state index contributed by atoms with van der Waals surface area (Å²) in [5.74, 6) is -2.28. The molecule has 1 aliphatic carbocycles. The van der Waals surface area contributed by atoms with Crippen molar-refractivity contribution in [3.63, 3.8) is 0 Å². The van der Waals surface area contributed by atoms with Gasteiger partial charge in [-0.3, -0.25) is 4.79 Å². The number of nitrogens with zero attached hydrogens (tertiary/aromatic N) is 1. The summed E-state index contributed by atoms with van der Waals surface area (Å²) in [6.07, 6.45) is -1.12. The summed E-state index contributed by atoms with van der Waals surface area (Å²) in [5, 5.41) is 8.92. The summed E-state index contributed by atoms with van der Waals surface area (Å²) in [6, 6.07) is -0.0184. The number of likely N-dealkylation sites (tertiary alicyclic amines) is 1. The van der Waals surface area contributed by atoms with E-state index in [0.717, 1.165) is 6.42 Å². The van der Waals surface area contributed by atoms with E-state index in [9.17, 15) is 18.0 Å². The zero-order valence-electron chi connectivity index (χ0n) is 10.8. The standard InChI is InChI=1S/C13H20F3NO2/c14-13(15,16)10-2-1-3-11(8-10)17-6-4-9(5-7-17)12(18)19/h9-11H,1-8H2,(H,18,19). The van der Waals surface area contributed by atoms with Crippen molar-refractivity contribution in [3.05, 3.63) is 0 Å². The third kappa shape index (κ3) is 3.61. The first-order chi connectivity index (χ1) is 8.88. The van der Waals surface area contributed by atoms with Crippen LogP contribution in [0.2, 0.25) is 0 Å². The second kappa shape index (κ2) is 5.69. The fourth-order valence-electron chi connectivity index (χ4n) is 3.30. The van der Waals surface area contributed by atoms with Crippen LogP contribution in [0, 0.1) is 11.8 Å². The molecule has 2 unspecified atom stereocenters. The minimum absolute atomic E-state index is 0.0184. The van der Waals surface area contributed by atoms with E-state index in [1.807, 2.05) is 0 Å². The highest BCUT2D eigenvalue weighted by Crippen LogP contribution is 2.39. The first-order valence-electron chi connectivity index (χ1n) is 6.91. The molecule has 6 heteroatoms. The molecule has 0 amide bonds. The molecule has 1 saturated carbocycles. The normalized spacial score (nSPS) is 31.3. The third-order valence-electron chi connectivity index (χ3n) is 4.50. The number of halogens is 3. The van der Waals surface area contributed by atoms with Gasteiger partial charge in [-0.1, -0.05) is 6.42 Å². The molecule has 0 aromatic heterocycles. The van der Waals surface area contributed by atoms with Gasteiger partial charge in [-0.25, -0.2) is 0 Å². The zero-order chi connectivity index (χ0) is 14.0. The van der Waals surface area contributed by atoms with Crippen LogP contribution in [0.25, 0.3) is 0 Å². The predicted octanol–water partition coefficient (Wildman–Crippen LogP) is 2.90. The lowest BCUT2D eigenvalue weighted by Gasteiger charge is -2.41. The van der Waals surface area contributed by atoms with Crippen LogP contribution < -0.4 is 0 Å². The van der Waals surface area contributed by atoms with Gasteiger partial charge in [0.05, 0.1) is 11.8 Å². The van der Waals surface area contributed by atoms with Crippen LogP contribution in [0.3, 0.4) is 0 Å². The number of piperidine rings is 1. The van der Waals surface area contributed by atoms with E-state index in [4.69, 9.17) is 5.11 Å². The first kappa shape index (κ1) is 14.6. The van der Waals surface area contributed by atoms with Crippen LogP contribution in [0.4, 0.5) is 13.2 Å². The molecule has 2 atom stereocenters. The average molecular weight is 279 g/mol. The Morgan fingerprint density at radius 2 is 1.74 bits per heavy atom. The van der Waals surface area contributed by atoms with Gasteiger partial charge < -0.3 is 10.0 Å². The van der Waals surface area contributed by atoms with Crippen LogP contribution in [-0.2, 0) is 4.79 Å². The lowest BCUT2D eigenvalue weighted by atomic mass is 9.83. The highest BCUT2D eigenvalue weighted by molar-refractivity contribution is 5.70. The van der Waals surface area contributed by atoms with Gasteiger partial charge in [0.25, 0.3) is 0 Å². The largest absolute Gasteiger partial charge is 0.481 e. The molecule has 0 aromatic carbocycles. The van der Waals surface area contributed by atoms with Crippen molar-refractivity contribution in [2.24, 2.45) is 11.8 Å². The second-order valence-corrected chi connectivity index (χ2v) is 5.71. The van der Waals surface area contributed by atoms with Crippen LogP contribution >= 0.6 is 0 Å². The highest BCUT2D eigenvalue weighted by Gasteiger charge is 2.43. The van der Waals surface area contributed by atoms with E-state index < -0.39 is 18.1 Å². The van der Waals surface area contributed by atoms with Crippen molar-refractivity contribution in [1.82, 2.24) is 4.90 Å². The fourth-order valence-corrected chi connectivity index (χ4v) is 3.30. The Kier molecular flexibility index (Phi) is 4.38. The van der Waals surface area contributed by atoms with Gasteiger partial charge in [0, 0.05) is 6.04 Å². The molecule has 0 aromatic rings. The molecular weight excluding hydrogens is 259 g/mol. The summed E-state index contributed by atoms with van der Waals surface area (Å²) in [6.45, 7) is 1.23. The third-order valence-corrected chi connectivity index (χ3v) is 4.50. The van der Waals surface area contributed by atoms with Crippen LogP contribution in [0.15, 0.2) is 0 Å². The number of rotatable bonds is 2. The predicted molar refractivity (Wildman–Crippen MR) is 63.7 cm³/mol. The smallest absolute Gasteiger partial charge is 0.391 e. The molecule has 19 heavy (non-hydrogen) atoms. The van der Waals surface area contributed by atoms with Crippen LogP contribution in [0.1, 0.15) is 38.5 Å². The Hall–Kier alpha value is -0.780. The number of aliphatic carboxylic acids is 1. The van der Waals surface area contributed by atoms with Crippen molar-refractivity contribution in [2.75, 3.05) is 13.1 Å². The minimum Gasteiger partial charge on any atom is -0.481 e. The highest BCUT2D eigenvalue weighted by atomic mass is 19.4. The van der Waals surface area contributed by atoms with Crippen molar-refractivity contribution < 1.29 is 23.1 Å². The summed E-state index contributed by atoms with van der Waals surface area (Å²) >= 11 is 0.